The number of aryl methyl sites for hydroxylation is 1. The molecule has 0 aromatic carbocycles. The molecule has 0 amide bonds. The minimum Gasteiger partial charge on any atom is -0.449 e. The molecule has 3 heterocycles. The molecule has 7 heteroatoms. The number of hydrogen-bond acceptors (Lipinski definition) is 5. The Morgan fingerprint density at radius 1 is 1.24 bits per heavy atom. The van der Waals surface area contributed by atoms with Gasteiger partial charge in [-0.3, -0.25) is 0 Å². The second-order valence-corrected chi connectivity index (χ2v) is 7.05. The average Bonchev–Trinajstić information content (AvgIpc) is 2.96. The van der Waals surface area contributed by atoms with E-state index in [4.69, 9.17) is 4.42 Å². The number of aromatic nitrogens is 2. The summed E-state index contributed by atoms with van der Waals surface area (Å²) in [5, 5.41) is 0.0282. The molecular weight excluding hydrogens is 290 g/mol. The molecule has 0 saturated carbocycles. The van der Waals surface area contributed by atoms with Crippen LogP contribution in [0.3, 0.4) is 0 Å². The second kappa shape index (κ2) is 5.57. The number of sulfonamides is 1. The van der Waals surface area contributed by atoms with E-state index >= 15 is 0 Å². The van der Waals surface area contributed by atoms with Crippen LogP contribution in [0.4, 0.5) is 0 Å². The summed E-state index contributed by atoms with van der Waals surface area (Å²) in [7, 11) is -3.51. The molecule has 1 aliphatic rings. The molecule has 1 saturated heterocycles. The molecule has 2 aromatic rings. The van der Waals surface area contributed by atoms with Crippen LogP contribution in [0.2, 0.25) is 0 Å². The maximum Gasteiger partial charge on any atom is 0.276 e. The molecule has 0 unspecified atom stereocenters. The van der Waals surface area contributed by atoms with Crippen molar-refractivity contribution in [2.45, 2.75) is 30.8 Å². The molecule has 0 spiro atoms. The van der Waals surface area contributed by atoms with Crippen molar-refractivity contribution in [3.05, 3.63) is 42.2 Å². The molecule has 1 fully saturated rings. The third kappa shape index (κ3) is 2.84. The van der Waals surface area contributed by atoms with Gasteiger partial charge in [-0.1, -0.05) is 0 Å². The van der Waals surface area contributed by atoms with Gasteiger partial charge in [-0.25, -0.2) is 18.4 Å². The second-order valence-electron chi connectivity index (χ2n) is 5.18. The highest BCUT2D eigenvalue weighted by Crippen LogP contribution is 2.29. The lowest BCUT2D eigenvalue weighted by Gasteiger charge is -2.30. The van der Waals surface area contributed by atoms with Crippen molar-refractivity contribution in [1.82, 2.24) is 14.3 Å². The van der Waals surface area contributed by atoms with Crippen molar-refractivity contribution in [1.29, 1.82) is 0 Å². The molecule has 21 heavy (non-hydrogen) atoms. The van der Waals surface area contributed by atoms with Gasteiger partial charge in [0.2, 0.25) is 5.09 Å². The largest absolute Gasteiger partial charge is 0.449 e. The van der Waals surface area contributed by atoms with E-state index < -0.39 is 10.0 Å². The summed E-state index contributed by atoms with van der Waals surface area (Å²) in [6.07, 6.45) is 4.77. The summed E-state index contributed by atoms with van der Waals surface area (Å²) >= 11 is 0. The summed E-state index contributed by atoms with van der Waals surface area (Å²) in [6, 6.07) is 5.08. The van der Waals surface area contributed by atoms with Crippen LogP contribution in [0, 0.1) is 6.92 Å². The number of piperidine rings is 1. The SMILES string of the molecule is Cc1ccc(S(=O)(=O)N2CCC(c3ccncn3)CC2)o1. The Hall–Kier alpha value is -1.73. The first kappa shape index (κ1) is 14.2. The Labute approximate surface area is 123 Å². The topological polar surface area (TPSA) is 76.3 Å². The van der Waals surface area contributed by atoms with E-state index in [0.29, 0.717) is 18.8 Å². The van der Waals surface area contributed by atoms with Crippen LogP contribution in [0.25, 0.3) is 0 Å². The maximum absolute atomic E-state index is 12.5. The van der Waals surface area contributed by atoms with Crippen LogP contribution in [0.15, 0.2) is 40.2 Å². The van der Waals surface area contributed by atoms with Gasteiger partial charge in [0, 0.05) is 30.9 Å². The van der Waals surface area contributed by atoms with Gasteiger partial charge in [0.25, 0.3) is 10.0 Å². The zero-order valence-corrected chi connectivity index (χ0v) is 12.6. The first-order valence-corrected chi connectivity index (χ1v) is 8.34. The van der Waals surface area contributed by atoms with Crippen LogP contribution in [-0.4, -0.2) is 35.8 Å². The number of rotatable bonds is 3. The highest BCUT2D eigenvalue weighted by atomic mass is 32.2. The monoisotopic (exact) mass is 307 g/mol. The quantitative estimate of drug-likeness (QED) is 0.866. The predicted molar refractivity (Wildman–Crippen MR) is 76.2 cm³/mol. The Morgan fingerprint density at radius 2 is 2.00 bits per heavy atom. The van der Waals surface area contributed by atoms with E-state index in [1.165, 1.54) is 16.7 Å². The Balaban J connectivity index is 1.71. The van der Waals surface area contributed by atoms with Crippen LogP contribution in [-0.2, 0) is 10.0 Å². The molecule has 0 aliphatic carbocycles. The summed E-state index contributed by atoms with van der Waals surface area (Å²) in [4.78, 5) is 8.16. The zero-order chi connectivity index (χ0) is 14.9. The van der Waals surface area contributed by atoms with E-state index in [2.05, 4.69) is 9.97 Å². The molecule has 112 valence electrons. The van der Waals surface area contributed by atoms with Crippen molar-refractivity contribution in [3.63, 3.8) is 0 Å². The van der Waals surface area contributed by atoms with E-state index in [9.17, 15) is 8.42 Å². The van der Waals surface area contributed by atoms with Crippen molar-refractivity contribution in [2.24, 2.45) is 0 Å². The van der Waals surface area contributed by atoms with Gasteiger partial charge in [0.05, 0.1) is 0 Å². The van der Waals surface area contributed by atoms with E-state index in [-0.39, 0.29) is 11.0 Å². The van der Waals surface area contributed by atoms with Gasteiger partial charge in [-0.05, 0) is 38.0 Å². The van der Waals surface area contributed by atoms with Gasteiger partial charge in [0.15, 0.2) is 0 Å². The molecule has 2 aromatic heterocycles. The Bertz CT molecular complexity index is 704. The van der Waals surface area contributed by atoms with Crippen LogP contribution >= 0.6 is 0 Å². The van der Waals surface area contributed by atoms with Crippen molar-refractivity contribution >= 4 is 10.0 Å². The van der Waals surface area contributed by atoms with E-state index in [1.54, 1.807) is 19.2 Å². The molecule has 0 bridgehead atoms. The number of hydrogen-bond donors (Lipinski definition) is 0. The Morgan fingerprint density at radius 3 is 2.57 bits per heavy atom. The van der Waals surface area contributed by atoms with Gasteiger partial charge in [0.1, 0.15) is 12.1 Å². The lowest BCUT2D eigenvalue weighted by Crippen LogP contribution is -2.37. The summed E-state index contributed by atoms with van der Waals surface area (Å²) in [5.41, 5.74) is 0.982. The number of furan rings is 1. The smallest absolute Gasteiger partial charge is 0.276 e. The van der Waals surface area contributed by atoms with Crippen LogP contribution < -0.4 is 0 Å². The molecule has 0 N–H and O–H groups in total. The fraction of sp³-hybridized carbons (Fsp3) is 0.429. The fourth-order valence-electron chi connectivity index (χ4n) is 2.61. The summed E-state index contributed by atoms with van der Waals surface area (Å²) in [6.45, 7) is 2.70. The Kier molecular flexibility index (Phi) is 3.77. The van der Waals surface area contributed by atoms with Gasteiger partial charge >= 0.3 is 0 Å². The van der Waals surface area contributed by atoms with Crippen molar-refractivity contribution < 1.29 is 12.8 Å². The summed E-state index contributed by atoms with van der Waals surface area (Å²) in [5.74, 6) is 0.891. The molecule has 3 rings (SSSR count). The van der Waals surface area contributed by atoms with E-state index in [1.807, 2.05) is 6.07 Å². The molecule has 6 nitrogen and oxygen atoms in total. The normalized spacial score (nSPS) is 18.0. The van der Waals surface area contributed by atoms with Gasteiger partial charge < -0.3 is 4.42 Å². The first-order chi connectivity index (χ1) is 10.1. The fourth-order valence-corrected chi connectivity index (χ4v) is 4.04. The average molecular weight is 307 g/mol. The molecular formula is C14H17N3O3S. The first-order valence-electron chi connectivity index (χ1n) is 6.90. The zero-order valence-electron chi connectivity index (χ0n) is 11.8. The standard InChI is InChI=1S/C14H17N3O3S/c1-11-2-3-14(20-11)21(18,19)17-8-5-12(6-9-17)13-4-7-15-10-16-13/h2-4,7,10,12H,5-6,8-9H2,1H3. The van der Waals surface area contributed by atoms with Crippen molar-refractivity contribution in [2.75, 3.05) is 13.1 Å². The third-order valence-electron chi connectivity index (χ3n) is 3.79. The van der Waals surface area contributed by atoms with Crippen LogP contribution in [0.1, 0.15) is 30.2 Å². The maximum atomic E-state index is 12.5. The van der Waals surface area contributed by atoms with Gasteiger partial charge in [-0.2, -0.15) is 4.31 Å². The molecule has 0 atom stereocenters. The lowest BCUT2D eigenvalue weighted by atomic mass is 9.94. The lowest BCUT2D eigenvalue weighted by molar-refractivity contribution is 0.305. The molecule has 0 radical (unpaired) electrons. The third-order valence-corrected chi connectivity index (χ3v) is 5.56. The predicted octanol–water partition coefficient (Wildman–Crippen LogP) is 1.95. The minimum absolute atomic E-state index is 0.0282. The minimum atomic E-state index is -3.51. The molecule has 1 aliphatic heterocycles. The highest BCUT2D eigenvalue weighted by Gasteiger charge is 2.32. The van der Waals surface area contributed by atoms with Crippen LogP contribution in [0.5, 0.6) is 0 Å². The van der Waals surface area contributed by atoms with E-state index in [0.717, 1.165) is 18.5 Å². The van der Waals surface area contributed by atoms with Crippen molar-refractivity contribution in [3.8, 4) is 0 Å². The summed E-state index contributed by atoms with van der Waals surface area (Å²) < 4.78 is 31.7. The highest BCUT2D eigenvalue weighted by molar-refractivity contribution is 7.89. The van der Waals surface area contributed by atoms with Gasteiger partial charge in [-0.15, -0.1) is 0 Å². The number of nitrogens with zero attached hydrogens (tertiary/aromatic N) is 3.